The lowest BCUT2D eigenvalue weighted by atomic mass is 10.1. The maximum Gasteiger partial charge on any atom is 0.315 e. The van der Waals surface area contributed by atoms with E-state index in [1.165, 1.54) is 0 Å². The molecule has 88 valence electrons. The highest BCUT2D eigenvalue weighted by atomic mass is 16.2. The van der Waals surface area contributed by atoms with Gasteiger partial charge in [-0.15, -0.1) is 0 Å². The van der Waals surface area contributed by atoms with E-state index in [0.717, 1.165) is 32.5 Å². The summed E-state index contributed by atoms with van der Waals surface area (Å²) in [6.07, 6.45) is 2.12. The molecule has 0 aromatic heterocycles. The Hall–Kier alpha value is -0.770. The van der Waals surface area contributed by atoms with Gasteiger partial charge in [0.1, 0.15) is 0 Å². The Kier molecular flexibility index (Phi) is 4.88. The molecule has 0 bridgehead atoms. The third-order valence-electron chi connectivity index (χ3n) is 2.72. The Morgan fingerprint density at radius 1 is 1.40 bits per heavy atom. The first-order chi connectivity index (χ1) is 7.08. The summed E-state index contributed by atoms with van der Waals surface area (Å²) in [5.41, 5.74) is 0. The van der Waals surface area contributed by atoms with E-state index in [9.17, 15) is 4.79 Å². The summed E-state index contributed by atoms with van der Waals surface area (Å²) in [5, 5.41) is 5.90. The van der Waals surface area contributed by atoms with Crippen LogP contribution in [0.4, 0.5) is 4.79 Å². The minimum Gasteiger partial charge on any atom is -0.338 e. The maximum absolute atomic E-state index is 11.5. The van der Waals surface area contributed by atoms with Crippen molar-refractivity contribution in [1.29, 1.82) is 0 Å². The number of urea groups is 1. The number of nitrogens with zero attached hydrogens (tertiary/aromatic N) is 1. The van der Waals surface area contributed by atoms with E-state index in [2.05, 4.69) is 36.4 Å². The Labute approximate surface area is 92.4 Å². The Morgan fingerprint density at radius 3 is 2.53 bits per heavy atom. The van der Waals surface area contributed by atoms with E-state index in [1.807, 2.05) is 0 Å². The van der Waals surface area contributed by atoms with Crippen LogP contribution in [0.5, 0.6) is 0 Å². The van der Waals surface area contributed by atoms with E-state index in [4.69, 9.17) is 0 Å². The molecule has 15 heavy (non-hydrogen) atoms. The molecule has 1 fully saturated rings. The quantitative estimate of drug-likeness (QED) is 0.735. The van der Waals surface area contributed by atoms with Crippen LogP contribution in [0.25, 0.3) is 0 Å². The van der Waals surface area contributed by atoms with Gasteiger partial charge in [-0.2, -0.15) is 0 Å². The zero-order valence-corrected chi connectivity index (χ0v) is 10.0. The maximum atomic E-state index is 11.5. The van der Waals surface area contributed by atoms with Gasteiger partial charge in [-0.05, 0) is 38.9 Å². The Balaban J connectivity index is 2.15. The molecule has 4 nitrogen and oxygen atoms in total. The lowest BCUT2D eigenvalue weighted by molar-refractivity contribution is 0.213. The van der Waals surface area contributed by atoms with Crippen molar-refractivity contribution in [2.75, 3.05) is 26.7 Å². The number of amides is 2. The molecule has 1 aliphatic heterocycles. The lowest BCUT2D eigenvalue weighted by Gasteiger charge is -2.29. The van der Waals surface area contributed by atoms with Crippen LogP contribution in [0.2, 0.25) is 0 Å². The van der Waals surface area contributed by atoms with E-state index in [1.54, 1.807) is 0 Å². The van der Waals surface area contributed by atoms with Gasteiger partial charge in [0.2, 0.25) is 0 Å². The average Bonchev–Trinajstić information content (AvgIpc) is 2.19. The highest BCUT2D eigenvalue weighted by Crippen LogP contribution is 2.07. The summed E-state index contributed by atoms with van der Waals surface area (Å²) in [6.45, 7) is 7.09. The minimum absolute atomic E-state index is 0.0155. The normalized spacial score (nSPS) is 19.2. The van der Waals surface area contributed by atoms with E-state index in [0.29, 0.717) is 12.0 Å². The molecule has 1 aliphatic rings. The predicted octanol–water partition coefficient (Wildman–Crippen LogP) is 1.04. The molecule has 0 radical (unpaired) electrons. The van der Waals surface area contributed by atoms with Crippen LogP contribution in [0.15, 0.2) is 0 Å². The number of hydrogen-bond donors (Lipinski definition) is 2. The summed E-state index contributed by atoms with van der Waals surface area (Å²) >= 11 is 0. The Morgan fingerprint density at radius 2 is 2.00 bits per heavy atom. The topological polar surface area (TPSA) is 44.4 Å². The fourth-order valence-corrected chi connectivity index (χ4v) is 1.69. The third-order valence-corrected chi connectivity index (χ3v) is 2.72. The molecule has 0 spiro atoms. The SMILES string of the molecule is CC(C)CNC(=O)NC1CCN(C)CC1. The van der Waals surface area contributed by atoms with Gasteiger partial charge in [0.15, 0.2) is 0 Å². The smallest absolute Gasteiger partial charge is 0.315 e. The highest BCUT2D eigenvalue weighted by Gasteiger charge is 2.17. The van der Waals surface area contributed by atoms with Crippen LogP contribution in [-0.4, -0.2) is 43.7 Å². The van der Waals surface area contributed by atoms with Crippen molar-refractivity contribution >= 4 is 6.03 Å². The molecule has 2 N–H and O–H groups in total. The van der Waals surface area contributed by atoms with Crippen LogP contribution >= 0.6 is 0 Å². The summed E-state index contributed by atoms with van der Waals surface area (Å²) in [6, 6.07) is 0.339. The van der Waals surface area contributed by atoms with Crippen molar-refractivity contribution in [3.63, 3.8) is 0 Å². The molecule has 0 aromatic carbocycles. The van der Waals surface area contributed by atoms with E-state index >= 15 is 0 Å². The fourth-order valence-electron chi connectivity index (χ4n) is 1.69. The number of carbonyl (C=O) groups is 1. The standard InChI is InChI=1S/C11H23N3O/c1-9(2)8-12-11(15)13-10-4-6-14(3)7-5-10/h9-10H,4-8H2,1-3H3,(H2,12,13,15). The molecule has 4 heteroatoms. The molecule has 1 rings (SSSR count). The predicted molar refractivity (Wildman–Crippen MR) is 61.9 cm³/mol. The molecule has 0 aliphatic carbocycles. The van der Waals surface area contributed by atoms with Crippen molar-refractivity contribution in [2.45, 2.75) is 32.7 Å². The van der Waals surface area contributed by atoms with Crippen molar-refractivity contribution in [2.24, 2.45) is 5.92 Å². The first-order valence-electron chi connectivity index (χ1n) is 5.81. The largest absolute Gasteiger partial charge is 0.338 e. The first kappa shape index (κ1) is 12.3. The number of carbonyl (C=O) groups excluding carboxylic acids is 1. The number of piperidine rings is 1. The number of likely N-dealkylation sites (tertiary alicyclic amines) is 1. The molecule has 0 unspecified atom stereocenters. The zero-order valence-electron chi connectivity index (χ0n) is 10.0. The van der Waals surface area contributed by atoms with Gasteiger partial charge < -0.3 is 15.5 Å². The van der Waals surface area contributed by atoms with Crippen LogP contribution < -0.4 is 10.6 Å². The number of hydrogen-bond acceptors (Lipinski definition) is 2. The van der Waals surface area contributed by atoms with Gasteiger partial charge in [-0.3, -0.25) is 0 Å². The van der Waals surface area contributed by atoms with Crippen LogP contribution in [0.1, 0.15) is 26.7 Å². The molecule has 2 amide bonds. The monoisotopic (exact) mass is 213 g/mol. The van der Waals surface area contributed by atoms with Gasteiger partial charge in [0.05, 0.1) is 0 Å². The van der Waals surface area contributed by atoms with Gasteiger partial charge in [-0.25, -0.2) is 4.79 Å². The first-order valence-corrected chi connectivity index (χ1v) is 5.81. The van der Waals surface area contributed by atoms with E-state index in [-0.39, 0.29) is 6.03 Å². The molecule has 1 heterocycles. The fraction of sp³-hybridized carbons (Fsp3) is 0.909. The average molecular weight is 213 g/mol. The minimum atomic E-state index is -0.0155. The number of nitrogens with one attached hydrogen (secondary N) is 2. The summed E-state index contributed by atoms with van der Waals surface area (Å²) in [4.78, 5) is 13.8. The van der Waals surface area contributed by atoms with Crippen LogP contribution in [0.3, 0.4) is 0 Å². The lowest BCUT2D eigenvalue weighted by Crippen LogP contribution is -2.47. The second-order valence-corrected chi connectivity index (χ2v) is 4.83. The van der Waals surface area contributed by atoms with Crippen molar-refractivity contribution in [3.8, 4) is 0 Å². The highest BCUT2D eigenvalue weighted by molar-refractivity contribution is 5.74. The molecular weight excluding hydrogens is 190 g/mol. The Bertz CT molecular complexity index is 198. The number of rotatable bonds is 3. The van der Waals surface area contributed by atoms with Crippen LogP contribution in [-0.2, 0) is 0 Å². The zero-order chi connectivity index (χ0) is 11.3. The molecular formula is C11H23N3O. The van der Waals surface area contributed by atoms with Crippen molar-refractivity contribution < 1.29 is 4.79 Å². The van der Waals surface area contributed by atoms with Gasteiger partial charge in [-0.1, -0.05) is 13.8 Å². The van der Waals surface area contributed by atoms with E-state index < -0.39 is 0 Å². The molecule has 1 saturated heterocycles. The molecule has 0 aromatic rings. The third kappa shape index (κ3) is 5.02. The van der Waals surface area contributed by atoms with Gasteiger partial charge in [0.25, 0.3) is 0 Å². The van der Waals surface area contributed by atoms with Crippen LogP contribution in [0, 0.1) is 5.92 Å². The van der Waals surface area contributed by atoms with Gasteiger partial charge in [0, 0.05) is 12.6 Å². The second-order valence-electron chi connectivity index (χ2n) is 4.83. The van der Waals surface area contributed by atoms with Gasteiger partial charge >= 0.3 is 6.03 Å². The summed E-state index contributed by atoms with van der Waals surface area (Å²) in [7, 11) is 2.12. The second kappa shape index (κ2) is 5.95. The van der Waals surface area contributed by atoms with Crippen molar-refractivity contribution in [1.82, 2.24) is 15.5 Å². The van der Waals surface area contributed by atoms with Crippen molar-refractivity contribution in [3.05, 3.63) is 0 Å². The summed E-state index contributed by atoms with van der Waals surface area (Å²) in [5.74, 6) is 0.508. The molecule has 0 saturated carbocycles. The molecule has 0 atom stereocenters. The summed E-state index contributed by atoms with van der Waals surface area (Å²) < 4.78 is 0.